The van der Waals surface area contributed by atoms with Gasteiger partial charge in [-0.3, -0.25) is 0 Å². The molecule has 0 aliphatic carbocycles. The van der Waals surface area contributed by atoms with Crippen molar-refractivity contribution in [2.45, 2.75) is 0 Å². The van der Waals surface area contributed by atoms with E-state index in [0.717, 1.165) is 0 Å². The van der Waals surface area contributed by atoms with E-state index in [2.05, 4.69) is 182 Å². The first kappa shape index (κ1) is 26.4. The highest BCUT2D eigenvalue weighted by Crippen LogP contribution is 2.46. The second-order valence-electron chi connectivity index (χ2n) is 12.1. The SMILES string of the molecule is c1cc(-c2ccc3ccccc3c2)cc(-c2c(-c3cccc(-c4ccc5ccccc5c4)c3)c3ccccc3c3ccccc23)c1. The summed E-state index contributed by atoms with van der Waals surface area (Å²) in [5, 5.41) is 10.1. The topological polar surface area (TPSA) is 0 Å². The van der Waals surface area contributed by atoms with E-state index in [-0.39, 0.29) is 0 Å². The van der Waals surface area contributed by atoms with Crippen LogP contribution in [-0.4, -0.2) is 0 Å². The van der Waals surface area contributed by atoms with Crippen LogP contribution in [0.4, 0.5) is 0 Å². The lowest BCUT2D eigenvalue weighted by molar-refractivity contribution is 1.60. The zero-order chi connectivity index (χ0) is 30.5. The van der Waals surface area contributed by atoms with Crippen LogP contribution in [0.15, 0.2) is 182 Å². The standard InChI is InChI=1S/C46H30/c1-3-13-33-27-37(25-23-31(33)11-1)35-15-9-17-39(29-35)45-43-21-7-5-19-41(43)42-20-6-8-22-44(42)46(45)40-18-10-16-36(30-40)38-26-24-32-12-2-4-14-34(32)28-38/h1-30H. The summed E-state index contributed by atoms with van der Waals surface area (Å²) >= 11 is 0. The van der Waals surface area contributed by atoms with Crippen molar-refractivity contribution < 1.29 is 0 Å². The van der Waals surface area contributed by atoms with E-state index in [1.165, 1.54) is 87.6 Å². The summed E-state index contributed by atoms with van der Waals surface area (Å²) in [6, 6.07) is 66.7. The second kappa shape index (κ2) is 10.9. The van der Waals surface area contributed by atoms with E-state index in [1.54, 1.807) is 0 Å². The molecule has 9 aromatic carbocycles. The fourth-order valence-electron chi connectivity index (χ4n) is 7.19. The minimum absolute atomic E-state index is 1.22. The maximum absolute atomic E-state index is 2.37. The summed E-state index contributed by atoms with van der Waals surface area (Å²) in [5.41, 5.74) is 9.88. The number of benzene rings is 9. The van der Waals surface area contributed by atoms with E-state index in [9.17, 15) is 0 Å². The molecule has 0 aliphatic heterocycles. The fraction of sp³-hybridized carbons (Fsp3) is 0. The number of hydrogen-bond acceptors (Lipinski definition) is 0. The van der Waals surface area contributed by atoms with E-state index in [1.807, 2.05) is 0 Å². The minimum atomic E-state index is 1.22. The van der Waals surface area contributed by atoms with Crippen LogP contribution in [0.5, 0.6) is 0 Å². The molecule has 0 amide bonds. The minimum Gasteiger partial charge on any atom is -0.0616 e. The zero-order valence-corrected chi connectivity index (χ0v) is 25.3. The van der Waals surface area contributed by atoms with Crippen molar-refractivity contribution in [1.29, 1.82) is 0 Å². The third kappa shape index (κ3) is 4.47. The molecule has 0 spiro atoms. The molecule has 0 aliphatic rings. The zero-order valence-electron chi connectivity index (χ0n) is 25.3. The van der Waals surface area contributed by atoms with Crippen molar-refractivity contribution in [3.8, 4) is 44.5 Å². The molecule has 0 saturated heterocycles. The number of rotatable bonds is 4. The first-order chi connectivity index (χ1) is 22.8. The van der Waals surface area contributed by atoms with Gasteiger partial charge in [-0.15, -0.1) is 0 Å². The smallest absolute Gasteiger partial charge is 0.00201 e. The molecule has 9 aromatic rings. The number of fused-ring (bicyclic) bond motifs is 5. The van der Waals surface area contributed by atoms with Gasteiger partial charge in [-0.2, -0.15) is 0 Å². The molecule has 0 N–H and O–H groups in total. The molecule has 0 radical (unpaired) electrons. The van der Waals surface area contributed by atoms with Gasteiger partial charge in [0.05, 0.1) is 0 Å². The molecule has 0 bridgehead atoms. The maximum atomic E-state index is 2.37. The van der Waals surface area contributed by atoms with Crippen LogP contribution in [-0.2, 0) is 0 Å². The normalized spacial score (nSPS) is 11.5. The van der Waals surface area contributed by atoms with Gasteiger partial charge < -0.3 is 0 Å². The molecular weight excluding hydrogens is 553 g/mol. The Morgan fingerprint density at radius 2 is 0.543 bits per heavy atom. The maximum Gasteiger partial charge on any atom is -0.00201 e. The van der Waals surface area contributed by atoms with Gasteiger partial charge in [0.15, 0.2) is 0 Å². The van der Waals surface area contributed by atoms with Gasteiger partial charge in [-0.1, -0.05) is 158 Å². The van der Waals surface area contributed by atoms with Gasteiger partial charge in [0.1, 0.15) is 0 Å². The molecular formula is C46H30. The van der Waals surface area contributed by atoms with Crippen molar-refractivity contribution in [2.75, 3.05) is 0 Å². The Morgan fingerprint density at radius 3 is 1.00 bits per heavy atom. The molecule has 0 unspecified atom stereocenters. The fourth-order valence-corrected chi connectivity index (χ4v) is 7.19. The van der Waals surface area contributed by atoms with Gasteiger partial charge in [-0.05, 0) is 112 Å². The predicted molar refractivity (Wildman–Crippen MR) is 198 cm³/mol. The molecule has 0 nitrogen and oxygen atoms in total. The molecule has 0 fully saturated rings. The molecule has 9 rings (SSSR count). The third-order valence-corrected chi connectivity index (χ3v) is 9.40. The predicted octanol–water partition coefficient (Wildman–Crippen LogP) is 13.0. The summed E-state index contributed by atoms with van der Waals surface area (Å²) in [4.78, 5) is 0. The van der Waals surface area contributed by atoms with Gasteiger partial charge in [0.25, 0.3) is 0 Å². The van der Waals surface area contributed by atoms with Crippen molar-refractivity contribution in [1.82, 2.24) is 0 Å². The summed E-state index contributed by atoms with van der Waals surface area (Å²) in [6.45, 7) is 0. The highest BCUT2D eigenvalue weighted by Gasteiger charge is 2.18. The molecule has 0 aromatic heterocycles. The molecule has 214 valence electrons. The monoisotopic (exact) mass is 582 g/mol. The van der Waals surface area contributed by atoms with Crippen LogP contribution in [0, 0.1) is 0 Å². The largest absolute Gasteiger partial charge is 0.0616 e. The molecule has 0 atom stereocenters. The Kier molecular flexibility index (Phi) is 6.25. The van der Waals surface area contributed by atoms with Crippen molar-refractivity contribution in [2.24, 2.45) is 0 Å². The highest BCUT2D eigenvalue weighted by atomic mass is 14.2. The average molecular weight is 583 g/mol. The third-order valence-electron chi connectivity index (χ3n) is 9.40. The van der Waals surface area contributed by atoms with E-state index < -0.39 is 0 Å². The van der Waals surface area contributed by atoms with Crippen LogP contribution >= 0.6 is 0 Å². The molecule has 0 heterocycles. The number of hydrogen-bond donors (Lipinski definition) is 0. The Hall–Kier alpha value is -5.98. The summed E-state index contributed by atoms with van der Waals surface area (Å²) in [5.74, 6) is 0. The molecule has 0 saturated carbocycles. The summed E-state index contributed by atoms with van der Waals surface area (Å²) in [6.07, 6.45) is 0. The first-order valence-electron chi connectivity index (χ1n) is 15.9. The first-order valence-corrected chi connectivity index (χ1v) is 15.9. The molecule has 46 heavy (non-hydrogen) atoms. The molecule has 0 heteroatoms. The van der Waals surface area contributed by atoms with Crippen LogP contribution in [0.2, 0.25) is 0 Å². The van der Waals surface area contributed by atoms with Crippen molar-refractivity contribution in [3.05, 3.63) is 182 Å². The van der Waals surface area contributed by atoms with Crippen molar-refractivity contribution >= 4 is 43.1 Å². The van der Waals surface area contributed by atoms with Gasteiger partial charge in [0, 0.05) is 0 Å². The van der Waals surface area contributed by atoms with Gasteiger partial charge in [-0.25, -0.2) is 0 Å². The Morgan fingerprint density at radius 1 is 0.196 bits per heavy atom. The van der Waals surface area contributed by atoms with Crippen LogP contribution in [0.1, 0.15) is 0 Å². The van der Waals surface area contributed by atoms with Crippen LogP contribution in [0.3, 0.4) is 0 Å². The Labute approximate surface area is 268 Å². The van der Waals surface area contributed by atoms with E-state index in [0.29, 0.717) is 0 Å². The lowest BCUT2D eigenvalue weighted by Gasteiger charge is -2.19. The Bertz CT molecular complexity index is 2410. The van der Waals surface area contributed by atoms with Crippen LogP contribution in [0.25, 0.3) is 87.6 Å². The highest BCUT2D eigenvalue weighted by molar-refractivity contribution is 6.21. The lowest BCUT2D eigenvalue weighted by atomic mass is 9.83. The summed E-state index contributed by atoms with van der Waals surface area (Å²) in [7, 11) is 0. The quantitative estimate of drug-likeness (QED) is 0.181. The van der Waals surface area contributed by atoms with E-state index >= 15 is 0 Å². The lowest BCUT2D eigenvalue weighted by Crippen LogP contribution is -1.92. The van der Waals surface area contributed by atoms with E-state index in [4.69, 9.17) is 0 Å². The van der Waals surface area contributed by atoms with Crippen LogP contribution < -0.4 is 0 Å². The summed E-state index contributed by atoms with van der Waals surface area (Å²) < 4.78 is 0. The second-order valence-corrected chi connectivity index (χ2v) is 12.1. The van der Waals surface area contributed by atoms with Gasteiger partial charge >= 0.3 is 0 Å². The average Bonchev–Trinajstić information content (AvgIpc) is 3.14. The van der Waals surface area contributed by atoms with Crippen molar-refractivity contribution in [3.63, 3.8) is 0 Å². The Balaban J connectivity index is 1.30. The van der Waals surface area contributed by atoms with Gasteiger partial charge in [0.2, 0.25) is 0 Å².